The molecule has 6 heteroatoms. The van der Waals surface area contributed by atoms with Gasteiger partial charge in [0.2, 0.25) is 5.91 Å². The molecule has 1 aromatic heterocycles. The molecule has 0 aliphatic carbocycles. The molecule has 0 saturated carbocycles. The standard InChI is InChI=1S/C20H24N2O3S/c1-2-25-17-8-6-16(7-9-17)15-19(23)21-10-4-11-22(13-12-21)20(24)18-5-3-14-26-18/h3,5-9,14H,2,4,10-13,15H2,1H3. The Kier molecular flexibility index (Phi) is 6.28. The Morgan fingerprint density at radius 3 is 2.46 bits per heavy atom. The molecule has 1 fully saturated rings. The molecular weight excluding hydrogens is 348 g/mol. The summed E-state index contributed by atoms with van der Waals surface area (Å²) in [7, 11) is 0. The van der Waals surface area contributed by atoms with Crippen molar-refractivity contribution in [2.75, 3.05) is 32.8 Å². The first-order valence-electron chi connectivity index (χ1n) is 8.99. The molecular formula is C20H24N2O3S. The van der Waals surface area contributed by atoms with E-state index in [0.29, 0.717) is 39.2 Å². The summed E-state index contributed by atoms with van der Waals surface area (Å²) >= 11 is 1.46. The van der Waals surface area contributed by atoms with Gasteiger partial charge in [-0.1, -0.05) is 18.2 Å². The lowest BCUT2D eigenvalue weighted by atomic mass is 10.1. The predicted molar refractivity (Wildman–Crippen MR) is 103 cm³/mol. The van der Waals surface area contributed by atoms with Crippen LogP contribution >= 0.6 is 11.3 Å². The number of benzene rings is 1. The van der Waals surface area contributed by atoms with Crippen LogP contribution in [0.25, 0.3) is 0 Å². The lowest BCUT2D eigenvalue weighted by Crippen LogP contribution is -2.37. The summed E-state index contributed by atoms with van der Waals surface area (Å²) in [5.74, 6) is 1.00. The minimum atomic E-state index is 0.0702. The quantitative estimate of drug-likeness (QED) is 0.810. The van der Waals surface area contributed by atoms with Crippen LogP contribution in [0.15, 0.2) is 41.8 Å². The van der Waals surface area contributed by atoms with Crippen LogP contribution in [-0.2, 0) is 11.2 Å². The normalized spacial score (nSPS) is 14.8. The van der Waals surface area contributed by atoms with Gasteiger partial charge in [-0.25, -0.2) is 0 Å². The third kappa shape index (κ3) is 4.64. The molecule has 0 N–H and O–H groups in total. The zero-order valence-electron chi connectivity index (χ0n) is 15.0. The molecule has 1 aliphatic heterocycles. The maximum atomic E-state index is 12.6. The summed E-state index contributed by atoms with van der Waals surface area (Å²) in [5.41, 5.74) is 0.981. The molecule has 2 aromatic rings. The van der Waals surface area contributed by atoms with E-state index in [9.17, 15) is 9.59 Å². The molecule has 1 saturated heterocycles. The number of hydrogen-bond acceptors (Lipinski definition) is 4. The summed E-state index contributed by atoms with van der Waals surface area (Å²) in [6.07, 6.45) is 1.19. The fraction of sp³-hybridized carbons (Fsp3) is 0.400. The maximum absolute atomic E-state index is 12.6. The molecule has 1 aliphatic rings. The largest absolute Gasteiger partial charge is 0.494 e. The predicted octanol–water partition coefficient (Wildman–Crippen LogP) is 3.06. The number of amides is 2. The van der Waals surface area contributed by atoms with Crippen LogP contribution < -0.4 is 4.74 Å². The highest BCUT2D eigenvalue weighted by atomic mass is 32.1. The van der Waals surface area contributed by atoms with Gasteiger partial charge < -0.3 is 14.5 Å². The highest BCUT2D eigenvalue weighted by Gasteiger charge is 2.23. The molecule has 0 atom stereocenters. The van der Waals surface area contributed by atoms with Crippen LogP contribution in [0.1, 0.15) is 28.6 Å². The Morgan fingerprint density at radius 1 is 1.04 bits per heavy atom. The van der Waals surface area contributed by atoms with Crippen molar-refractivity contribution in [2.45, 2.75) is 19.8 Å². The molecule has 1 aromatic carbocycles. The zero-order chi connectivity index (χ0) is 18.4. The topological polar surface area (TPSA) is 49.9 Å². The van der Waals surface area contributed by atoms with Crippen LogP contribution in [-0.4, -0.2) is 54.4 Å². The average Bonchev–Trinajstić information content (AvgIpc) is 3.07. The molecule has 0 bridgehead atoms. The SMILES string of the molecule is CCOc1ccc(CC(=O)N2CCCN(C(=O)c3cccs3)CC2)cc1. The van der Waals surface area contributed by atoms with Gasteiger partial charge in [-0.2, -0.15) is 0 Å². The summed E-state index contributed by atoms with van der Waals surface area (Å²) in [5, 5.41) is 1.91. The van der Waals surface area contributed by atoms with Gasteiger partial charge in [-0.15, -0.1) is 11.3 Å². The number of nitrogens with zero attached hydrogens (tertiary/aromatic N) is 2. The molecule has 138 valence electrons. The van der Waals surface area contributed by atoms with Crippen molar-refractivity contribution in [3.8, 4) is 5.75 Å². The first kappa shape index (κ1) is 18.5. The fourth-order valence-electron chi connectivity index (χ4n) is 3.08. The average molecular weight is 372 g/mol. The van der Waals surface area contributed by atoms with Crippen molar-refractivity contribution in [2.24, 2.45) is 0 Å². The Balaban J connectivity index is 1.54. The first-order chi connectivity index (χ1) is 12.7. The smallest absolute Gasteiger partial charge is 0.263 e. The highest BCUT2D eigenvalue weighted by Crippen LogP contribution is 2.16. The number of thiophene rings is 1. The molecule has 2 heterocycles. The molecule has 0 unspecified atom stereocenters. The number of ether oxygens (including phenoxy) is 1. The molecule has 2 amide bonds. The summed E-state index contributed by atoms with van der Waals surface area (Å²) in [6.45, 7) is 5.16. The van der Waals surface area contributed by atoms with Gasteiger partial charge in [0.25, 0.3) is 5.91 Å². The van der Waals surface area contributed by atoms with Gasteiger partial charge in [0, 0.05) is 26.2 Å². The van der Waals surface area contributed by atoms with Crippen LogP contribution in [0, 0.1) is 0 Å². The Hall–Kier alpha value is -2.34. The number of carbonyl (C=O) groups is 2. The molecule has 26 heavy (non-hydrogen) atoms. The third-order valence-corrected chi connectivity index (χ3v) is 5.32. The number of carbonyl (C=O) groups excluding carboxylic acids is 2. The van der Waals surface area contributed by atoms with E-state index in [2.05, 4.69) is 0 Å². The van der Waals surface area contributed by atoms with Gasteiger partial charge in [-0.3, -0.25) is 9.59 Å². The maximum Gasteiger partial charge on any atom is 0.263 e. The Bertz CT molecular complexity index is 728. The summed E-state index contributed by atoms with van der Waals surface area (Å²) < 4.78 is 5.43. The van der Waals surface area contributed by atoms with Crippen molar-refractivity contribution in [1.82, 2.24) is 9.80 Å². The van der Waals surface area contributed by atoms with E-state index < -0.39 is 0 Å². The Morgan fingerprint density at radius 2 is 1.77 bits per heavy atom. The highest BCUT2D eigenvalue weighted by molar-refractivity contribution is 7.12. The van der Waals surface area contributed by atoms with Gasteiger partial charge in [0.1, 0.15) is 5.75 Å². The monoisotopic (exact) mass is 372 g/mol. The van der Waals surface area contributed by atoms with E-state index in [1.165, 1.54) is 11.3 Å². The van der Waals surface area contributed by atoms with E-state index in [0.717, 1.165) is 22.6 Å². The minimum Gasteiger partial charge on any atom is -0.494 e. The molecule has 0 radical (unpaired) electrons. The minimum absolute atomic E-state index is 0.0702. The summed E-state index contributed by atoms with van der Waals surface area (Å²) in [6, 6.07) is 11.4. The van der Waals surface area contributed by atoms with Crippen molar-refractivity contribution in [1.29, 1.82) is 0 Å². The van der Waals surface area contributed by atoms with E-state index >= 15 is 0 Å². The van der Waals surface area contributed by atoms with E-state index in [1.54, 1.807) is 0 Å². The van der Waals surface area contributed by atoms with Gasteiger partial charge >= 0.3 is 0 Å². The first-order valence-corrected chi connectivity index (χ1v) is 9.87. The van der Waals surface area contributed by atoms with Crippen LogP contribution in [0.4, 0.5) is 0 Å². The lowest BCUT2D eigenvalue weighted by Gasteiger charge is -2.22. The second-order valence-electron chi connectivity index (χ2n) is 6.26. The number of rotatable bonds is 5. The molecule has 5 nitrogen and oxygen atoms in total. The van der Waals surface area contributed by atoms with Gasteiger partial charge in [-0.05, 0) is 42.5 Å². The van der Waals surface area contributed by atoms with Crippen LogP contribution in [0.3, 0.4) is 0 Å². The number of hydrogen-bond donors (Lipinski definition) is 0. The van der Waals surface area contributed by atoms with Crippen molar-refractivity contribution in [3.05, 3.63) is 52.2 Å². The second kappa shape index (κ2) is 8.85. The van der Waals surface area contributed by atoms with Crippen LogP contribution in [0.5, 0.6) is 5.75 Å². The van der Waals surface area contributed by atoms with E-state index in [-0.39, 0.29) is 11.8 Å². The zero-order valence-corrected chi connectivity index (χ0v) is 15.8. The second-order valence-corrected chi connectivity index (χ2v) is 7.21. The molecule has 3 rings (SSSR count). The molecule has 0 spiro atoms. The van der Waals surface area contributed by atoms with E-state index in [1.807, 2.05) is 58.5 Å². The van der Waals surface area contributed by atoms with Crippen molar-refractivity contribution >= 4 is 23.2 Å². The third-order valence-electron chi connectivity index (χ3n) is 4.46. The lowest BCUT2D eigenvalue weighted by molar-refractivity contribution is -0.130. The summed E-state index contributed by atoms with van der Waals surface area (Å²) in [4.78, 5) is 29.6. The van der Waals surface area contributed by atoms with Gasteiger partial charge in [0.15, 0.2) is 0 Å². The Labute approximate surface area is 158 Å². The van der Waals surface area contributed by atoms with Gasteiger partial charge in [0.05, 0.1) is 17.9 Å². The van der Waals surface area contributed by atoms with Crippen molar-refractivity contribution in [3.63, 3.8) is 0 Å². The van der Waals surface area contributed by atoms with Crippen LogP contribution in [0.2, 0.25) is 0 Å². The fourth-order valence-corrected chi connectivity index (χ4v) is 3.77. The van der Waals surface area contributed by atoms with Crippen molar-refractivity contribution < 1.29 is 14.3 Å². The van der Waals surface area contributed by atoms with E-state index in [4.69, 9.17) is 4.74 Å².